The SMILES string of the molecule is Cc1cc(C(O)c2ccc(F)cc2F)sc1Cl. The Morgan fingerprint density at radius 3 is 2.53 bits per heavy atom. The minimum absolute atomic E-state index is 0.0457. The second-order valence-electron chi connectivity index (χ2n) is 3.67. The zero-order valence-corrected chi connectivity index (χ0v) is 10.4. The van der Waals surface area contributed by atoms with Gasteiger partial charge < -0.3 is 5.11 Å². The van der Waals surface area contributed by atoms with Gasteiger partial charge in [-0.1, -0.05) is 17.7 Å². The molecule has 0 aliphatic rings. The summed E-state index contributed by atoms with van der Waals surface area (Å²) >= 11 is 7.06. The summed E-state index contributed by atoms with van der Waals surface area (Å²) in [6.45, 7) is 1.80. The maximum absolute atomic E-state index is 13.5. The highest BCUT2D eigenvalue weighted by Crippen LogP contribution is 2.34. The largest absolute Gasteiger partial charge is 0.383 e. The van der Waals surface area contributed by atoms with Crippen molar-refractivity contribution in [1.82, 2.24) is 0 Å². The molecule has 17 heavy (non-hydrogen) atoms. The second-order valence-corrected chi connectivity index (χ2v) is 5.36. The number of halogens is 3. The zero-order valence-electron chi connectivity index (χ0n) is 8.88. The van der Waals surface area contributed by atoms with Crippen LogP contribution in [0, 0.1) is 18.6 Å². The van der Waals surface area contributed by atoms with Gasteiger partial charge in [0.1, 0.15) is 17.7 Å². The van der Waals surface area contributed by atoms with Crippen molar-refractivity contribution in [1.29, 1.82) is 0 Å². The molecule has 1 aromatic carbocycles. The molecule has 0 amide bonds. The topological polar surface area (TPSA) is 20.2 Å². The number of hydrogen-bond donors (Lipinski definition) is 1. The van der Waals surface area contributed by atoms with E-state index in [0.29, 0.717) is 9.21 Å². The van der Waals surface area contributed by atoms with E-state index in [4.69, 9.17) is 11.6 Å². The van der Waals surface area contributed by atoms with Gasteiger partial charge in [-0.3, -0.25) is 0 Å². The summed E-state index contributed by atoms with van der Waals surface area (Å²) in [5, 5.41) is 9.99. The van der Waals surface area contributed by atoms with Gasteiger partial charge in [-0.25, -0.2) is 8.78 Å². The first-order chi connectivity index (χ1) is 7.99. The molecule has 0 spiro atoms. The van der Waals surface area contributed by atoms with Gasteiger partial charge in [0.2, 0.25) is 0 Å². The number of benzene rings is 1. The van der Waals surface area contributed by atoms with Crippen LogP contribution in [0.4, 0.5) is 8.78 Å². The van der Waals surface area contributed by atoms with Crippen molar-refractivity contribution in [2.45, 2.75) is 13.0 Å². The molecule has 0 saturated heterocycles. The maximum atomic E-state index is 13.5. The van der Waals surface area contributed by atoms with E-state index in [-0.39, 0.29) is 5.56 Å². The Morgan fingerprint density at radius 2 is 2.00 bits per heavy atom. The second kappa shape index (κ2) is 4.72. The lowest BCUT2D eigenvalue weighted by Gasteiger charge is -2.09. The summed E-state index contributed by atoms with van der Waals surface area (Å²) in [6.07, 6.45) is -1.12. The number of aryl methyl sites for hydroxylation is 1. The molecule has 2 aromatic rings. The van der Waals surface area contributed by atoms with Crippen LogP contribution in [0.5, 0.6) is 0 Å². The third kappa shape index (κ3) is 2.49. The van der Waals surface area contributed by atoms with Gasteiger partial charge >= 0.3 is 0 Å². The van der Waals surface area contributed by atoms with Gasteiger partial charge in [0.05, 0.1) is 4.34 Å². The van der Waals surface area contributed by atoms with Crippen LogP contribution in [0.3, 0.4) is 0 Å². The third-order valence-electron chi connectivity index (χ3n) is 2.40. The predicted molar refractivity (Wildman–Crippen MR) is 64.5 cm³/mol. The highest BCUT2D eigenvalue weighted by atomic mass is 35.5. The van der Waals surface area contributed by atoms with Crippen molar-refractivity contribution in [2.75, 3.05) is 0 Å². The van der Waals surface area contributed by atoms with E-state index in [9.17, 15) is 13.9 Å². The standard InChI is InChI=1S/C12H9ClF2OS/c1-6-4-10(17-12(6)13)11(16)8-3-2-7(14)5-9(8)15/h2-5,11,16H,1H3. The quantitative estimate of drug-likeness (QED) is 0.875. The average molecular weight is 275 g/mol. The van der Waals surface area contributed by atoms with Crippen LogP contribution in [0.2, 0.25) is 4.34 Å². The highest BCUT2D eigenvalue weighted by molar-refractivity contribution is 7.16. The van der Waals surface area contributed by atoms with Crippen molar-refractivity contribution in [2.24, 2.45) is 0 Å². The van der Waals surface area contributed by atoms with E-state index in [2.05, 4.69) is 0 Å². The van der Waals surface area contributed by atoms with Crippen LogP contribution in [0.25, 0.3) is 0 Å². The predicted octanol–water partition coefficient (Wildman–Crippen LogP) is 4.07. The lowest BCUT2D eigenvalue weighted by atomic mass is 10.1. The summed E-state index contributed by atoms with van der Waals surface area (Å²) in [4.78, 5) is 0.540. The summed E-state index contributed by atoms with van der Waals surface area (Å²) in [5.41, 5.74) is 0.873. The molecule has 0 aliphatic carbocycles. The normalized spacial score (nSPS) is 12.8. The summed E-state index contributed by atoms with van der Waals surface area (Å²) in [7, 11) is 0. The van der Waals surface area contributed by atoms with Crippen molar-refractivity contribution in [3.05, 3.63) is 56.2 Å². The molecule has 90 valence electrons. The Balaban J connectivity index is 2.39. The van der Waals surface area contributed by atoms with Gasteiger partial charge in [0, 0.05) is 16.5 Å². The molecule has 1 nitrogen and oxygen atoms in total. The summed E-state index contributed by atoms with van der Waals surface area (Å²) in [6, 6.07) is 4.79. The van der Waals surface area contributed by atoms with Crippen molar-refractivity contribution < 1.29 is 13.9 Å². The molecule has 0 radical (unpaired) electrons. The van der Waals surface area contributed by atoms with Crippen LogP contribution in [0.1, 0.15) is 22.1 Å². The molecular weight excluding hydrogens is 266 g/mol. The van der Waals surface area contributed by atoms with E-state index in [1.807, 2.05) is 0 Å². The number of hydrogen-bond acceptors (Lipinski definition) is 2. The van der Waals surface area contributed by atoms with Crippen molar-refractivity contribution in [3.8, 4) is 0 Å². The average Bonchev–Trinajstić information content (AvgIpc) is 2.58. The molecule has 0 saturated carbocycles. The number of rotatable bonds is 2. The fourth-order valence-corrected chi connectivity index (χ4v) is 2.72. The van der Waals surface area contributed by atoms with Gasteiger partial charge in [0.25, 0.3) is 0 Å². The van der Waals surface area contributed by atoms with Gasteiger partial charge in [-0.05, 0) is 24.6 Å². The number of thiophene rings is 1. The highest BCUT2D eigenvalue weighted by Gasteiger charge is 2.18. The molecule has 0 bridgehead atoms. The Morgan fingerprint density at radius 1 is 1.29 bits per heavy atom. The van der Waals surface area contributed by atoms with Crippen LogP contribution < -0.4 is 0 Å². The molecular formula is C12H9ClF2OS. The monoisotopic (exact) mass is 274 g/mol. The molecule has 1 unspecified atom stereocenters. The minimum atomic E-state index is -1.12. The van der Waals surface area contributed by atoms with Crippen molar-refractivity contribution >= 4 is 22.9 Å². The first-order valence-corrected chi connectivity index (χ1v) is 6.07. The van der Waals surface area contributed by atoms with Crippen LogP contribution in [-0.4, -0.2) is 5.11 Å². The lowest BCUT2D eigenvalue weighted by Crippen LogP contribution is -2.01. The molecule has 1 N–H and O–H groups in total. The van der Waals surface area contributed by atoms with E-state index in [0.717, 1.165) is 17.7 Å². The van der Waals surface area contributed by atoms with Gasteiger partial charge in [0.15, 0.2) is 0 Å². The first-order valence-electron chi connectivity index (χ1n) is 4.88. The number of aliphatic hydroxyl groups is 1. The summed E-state index contributed by atoms with van der Waals surface area (Å²) < 4.78 is 26.8. The van der Waals surface area contributed by atoms with Gasteiger partial charge in [-0.15, -0.1) is 11.3 Å². The van der Waals surface area contributed by atoms with E-state index < -0.39 is 17.7 Å². The van der Waals surface area contributed by atoms with Crippen LogP contribution in [-0.2, 0) is 0 Å². The van der Waals surface area contributed by atoms with Crippen molar-refractivity contribution in [3.63, 3.8) is 0 Å². The molecule has 2 rings (SSSR count). The molecule has 0 fully saturated rings. The maximum Gasteiger partial charge on any atom is 0.132 e. The molecule has 1 heterocycles. The summed E-state index contributed by atoms with van der Waals surface area (Å²) in [5.74, 6) is -1.43. The fraction of sp³-hybridized carbons (Fsp3) is 0.167. The first kappa shape index (κ1) is 12.5. The van der Waals surface area contributed by atoms with E-state index in [1.54, 1.807) is 13.0 Å². The Kier molecular flexibility index (Phi) is 3.47. The molecule has 5 heteroatoms. The Labute approximate surface area is 106 Å². The minimum Gasteiger partial charge on any atom is -0.383 e. The smallest absolute Gasteiger partial charge is 0.132 e. The molecule has 1 aromatic heterocycles. The number of aliphatic hydroxyl groups excluding tert-OH is 1. The molecule has 1 atom stereocenters. The Hall–Kier alpha value is -0.970. The zero-order chi connectivity index (χ0) is 12.6. The van der Waals surface area contributed by atoms with E-state index in [1.165, 1.54) is 17.4 Å². The lowest BCUT2D eigenvalue weighted by molar-refractivity contribution is 0.218. The Bertz CT molecular complexity index is 534. The third-order valence-corrected chi connectivity index (χ3v) is 4.01. The van der Waals surface area contributed by atoms with Crippen LogP contribution >= 0.6 is 22.9 Å². The van der Waals surface area contributed by atoms with E-state index >= 15 is 0 Å². The molecule has 0 aliphatic heterocycles. The fourth-order valence-electron chi connectivity index (χ4n) is 1.49. The van der Waals surface area contributed by atoms with Crippen LogP contribution in [0.15, 0.2) is 24.3 Å². The van der Waals surface area contributed by atoms with Gasteiger partial charge in [-0.2, -0.15) is 0 Å².